The molecule has 0 aliphatic carbocycles. The highest BCUT2D eigenvalue weighted by atomic mass is 16.5. The Kier molecular flexibility index (Phi) is 6.12. The van der Waals surface area contributed by atoms with Crippen LogP contribution in [0.4, 0.5) is 0 Å². The molecule has 1 saturated heterocycles. The summed E-state index contributed by atoms with van der Waals surface area (Å²) in [5.74, 6) is 0.218. The van der Waals surface area contributed by atoms with Gasteiger partial charge in [-0.15, -0.1) is 0 Å². The molecule has 3 rings (SSSR count). The van der Waals surface area contributed by atoms with Gasteiger partial charge in [-0.2, -0.15) is 0 Å². The molecule has 1 heterocycles. The van der Waals surface area contributed by atoms with Gasteiger partial charge in [0.05, 0.1) is 12.7 Å². The van der Waals surface area contributed by atoms with Gasteiger partial charge in [-0.05, 0) is 49.4 Å². The first-order chi connectivity index (χ1) is 13.1. The summed E-state index contributed by atoms with van der Waals surface area (Å²) in [5, 5.41) is 2.92. The number of benzene rings is 2. The molecule has 0 saturated carbocycles. The molecule has 5 heteroatoms. The number of methoxy groups -OCH3 is 1. The maximum atomic E-state index is 13.1. The maximum absolute atomic E-state index is 13.1. The number of amides is 2. The van der Waals surface area contributed by atoms with E-state index < -0.39 is 6.04 Å². The number of nitrogens with one attached hydrogen (secondary N) is 1. The molecule has 1 aliphatic rings. The molecule has 1 unspecified atom stereocenters. The lowest BCUT2D eigenvalue weighted by molar-refractivity contribution is -0.133. The molecule has 0 spiro atoms. The Hall–Kier alpha value is -2.82. The monoisotopic (exact) mass is 366 g/mol. The van der Waals surface area contributed by atoms with Gasteiger partial charge in [0.15, 0.2) is 0 Å². The lowest BCUT2D eigenvalue weighted by atomic mass is 10.1. The zero-order valence-corrected chi connectivity index (χ0v) is 15.9. The molecule has 0 bridgehead atoms. The number of aryl methyl sites for hydroxylation is 1. The van der Waals surface area contributed by atoms with E-state index in [0.29, 0.717) is 30.8 Å². The molecule has 0 aromatic heterocycles. The van der Waals surface area contributed by atoms with Crippen LogP contribution in [0.25, 0.3) is 0 Å². The fraction of sp³-hybridized carbons (Fsp3) is 0.364. The number of likely N-dealkylation sites (tertiary alicyclic amines) is 1. The van der Waals surface area contributed by atoms with E-state index in [0.717, 1.165) is 18.4 Å². The van der Waals surface area contributed by atoms with Crippen molar-refractivity contribution in [3.05, 3.63) is 65.2 Å². The topological polar surface area (TPSA) is 58.6 Å². The van der Waals surface area contributed by atoms with Crippen LogP contribution in [0.2, 0.25) is 0 Å². The highest BCUT2D eigenvalue weighted by Crippen LogP contribution is 2.20. The fourth-order valence-corrected chi connectivity index (χ4v) is 3.46. The Bertz CT molecular complexity index is 819. The molecule has 0 radical (unpaired) electrons. The quantitative estimate of drug-likeness (QED) is 0.883. The van der Waals surface area contributed by atoms with E-state index in [2.05, 4.69) is 24.4 Å². The zero-order valence-electron chi connectivity index (χ0n) is 15.9. The van der Waals surface area contributed by atoms with Gasteiger partial charge >= 0.3 is 0 Å². The molecule has 1 N–H and O–H groups in total. The van der Waals surface area contributed by atoms with Crippen molar-refractivity contribution >= 4 is 11.8 Å². The van der Waals surface area contributed by atoms with E-state index in [1.165, 1.54) is 12.7 Å². The third kappa shape index (κ3) is 4.48. The van der Waals surface area contributed by atoms with Crippen molar-refractivity contribution in [3.63, 3.8) is 0 Å². The van der Waals surface area contributed by atoms with Crippen LogP contribution in [0.1, 0.15) is 40.7 Å². The molecular weight excluding hydrogens is 340 g/mol. The zero-order chi connectivity index (χ0) is 19.2. The largest absolute Gasteiger partial charge is 0.496 e. The number of para-hydroxylation sites is 1. The Labute approximate surface area is 160 Å². The molecule has 2 aromatic rings. The van der Waals surface area contributed by atoms with Crippen molar-refractivity contribution in [2.75, 3.05) is 13.7 Å². The smallest absolute Gasteiger partial charge is 0.255 e. The second kappa shape index (κ2) is 8.71. The third-order valence-corrected chi connectivity index (χ3v) is 5.06. The minimum absolute atomic E-state index is 0.0148. The normalized spacial score (nSPS) is 17.3. The van der Waals surface area contributed by atoms with Crippen LogP contribution in [0, 0.1) is 6.92 Å². The van der Waals surface area contributed by atoms with Crippen LogP contribution in [-0.2, 0) is 11.3 Å². The van der Waals surface area contributed by atoms with Gasteiger partial charge in [0.25, 0.3) is 5.91 Å². The van der Waals surface area contributed by atoms with E-state index in [1.807, 2.05) is 23.1 Å². The summed E-state index contributed by atoms with van der Waals surface area (Å²) >= 11 is 0. The second-order valence-corrected chi connectivity index (χ2v) is 6.91. The van der Waals surface area contributed by atoms with Crippen molar-refractivity contribution in [3.8, 4) is 5.75 Å². The van der Waals surface area contributed by atoms with Crippen LogP contribution in [0.5, 0.6) is 5.75 Å². The van der Waals surface area contributed by atoms with Crippen molar-refractivity contribution < 1.29 is 14.3 Å². The first-order valence-corrected chi connectivity index (χ1v) is 9.37. The number of hydrogen-bond donors (Lipinski definition) is 1. The number of hydrogen-bond acceptors (Lipinski definition) is 3. The molecule has 1 aliphatic heterocycles. The predicted molar refractivity (Wildman–Crippen MR) is 105 cm³/mol. The van der Waals surface area contributed by atoms with Gasteiger partial charge in [-0.1, -0.05) is 36.4 Å². The lowest BCUT2D eigenvalue weighted by Gasteiger charge is -2.26. The predicted octanol–water partition coefficient (Wildman–Crippen LogP) is 3.31. The van der Waals surface area contributed by atoms with Gasteiger partial charge < -0.3 is 15.0 Å². The average Bonchev–Trinajstić information content (AvgIpc) is 2.85. The van der Waals surface area contributed by atoms with Crippen molar-refractivity contribution in [1.82, 2.24) is 10.2 Å². The first kappa shape index (κ1) is 19.0. The first-order valence-electron chi connectivity index (χ1n) is 9.37. The third-order valence-electron chi connectivity index (χ3n) is 5.06. The van der Waals surface area contributed by atoms with Crippen molar-refractivity contribution in [1.29, 1.82) is 0 Å². The molecule has 2 amide bonds. The molecule has 27 heavy (non-hydrogen) atoms. The van der Waals surface area contributed by atoms with Crippen LogP contribution in [0.15, 0.2) is 48.5 Å². The average molecular weight is 366 g/mol. The molecule has 1 fully saturated rings. The Morgan fingerprint density at radius 3 is 2.67 bits per heavy atom. The minimum Gasteiger partial charge on any atom is -0.496 e. The second-order valence-electron chi connectivity index (χ2n) is 6.91. The molecule has 142 valence electrons. The molecule has 5 nitrogen and oxygen atoms in total. The van der Waals surface area contributed by atoms with E-state index in [9.17, 15) is 9.59 Å². The summed E-state index contributed by atoms with van der Waals surface area (Å²) in [5.41, 5.74) is 2.76. The van der Waals surface area contributed by atoms with Crippen molar-refractivity contribution in [2.24, 2.45) is 0 Å². The minimum atomic E-state index is -0.506. The lowest BCUT2D eigenvalue weighted by Crippen LogP contribution is -2.47. The van der Waals surface area contributed by atoms with Gasteiger partial charge in [-0.3, -0.25) is 9.59 Å². The number of rotatable bonds is 5. The highest BCUT2D eigenvalue weighted by molar-refractivity contribution is 5.99. The van der Waals surface area contributed by atoms with Gasteiger partial charge in [0.1, 0.15) is 11.8 Å². The van der Waals surface area contributed by atoms with Gasteiger partial charge in [0, 0.05) is 13.1 Å². The van der Waals surface area contributed by atoms with Gasteiger partial charge in [0.2, 0.25) is 5.91 Å². The standard InChI is InChI=1S/C22H26N2O3/c1-16-9-3-4-10-17(16)15-24-14-8-7-12-19(22(24)26)23-21(25)18-11-5-6-13-20(18)27-2/h3-6,9-11,13,19H,7-8,12,14-15H2,1-2H3,(H,23,25). The number of nitrogens with zero attached hydrogens (tertiary/aromatic N) is 1. The number of carbonyl (C=O) groups is 2. The number of ether oxygens (including phenoxy) is 1. The summed E-state index contributed by atoms with van der Waals surface area (Å²) in [4.78, 5) is 27.6. The molecule has 2 aromatic carbocycles. The van der Waals surface area contributed by atoms with Crippen molar-refractivity contribution in [2.45, 2.75) is 38.8 Å². The van der Waals surface area contributed by atoms with Gasteiger partial charge in [-0.25, -0.2) is 0 Å². The molecule has 1 atom stereocenters. The summed E-state index contributed by atoms with van der Waals surface area (Å²) in [6.45, 7) is 3.35. The maximum Gasteiger partial charge on any atom is 0.255 e. The van der Waals surface area contributed by atoms with E-state index in [1.54, 1.807) is 18.2 Å². The summed E-state index contributed by atoms with van der Waals surface area (Å²) in [6, 6.07) is 14.6. The fourth-order valence-electron chi connectivity index (χ4n) is 3.46. The van der Waals surface area contributed by atoms with Crippen LogP contribution >= 0.6 is 0 Å². The summed E-state index contributed by atoms with van der Waals surface area (Å²) in [7, 11) is 1.53. The van der Waals surface area contributed by atoms with Crippen LogP contribution in [-0.4, -0.2) is 36.4 Å². The van der Waals surface area contributed by atoms with E-state index in [4.69, 9.17) is 4.74 Å². The highest BCUT2D eigenvalue weighted by Gasteiger charge is 2.29. The van der Waals surface area contributed by atoms with Crippen LogP contribution < -0.4 is 10.1 Å². The van der Waals surface area contributed by atoms with E-state index in [-0.39, 0.29) is 11.8 Å². The number of carbonyl (C=O) groups excluding carboxylic acids is 2. The summed E-state index contributed by atoms with van der Waals surface area (Å²) in [6.07, 6.45) is 2.51. The SMILES string of the molecule is COc1ccccc1C(=O)NC1CCCCN(Cc2ccccc2C)C1=O. The Morgan fingerprint density at radius 1 is 1.15 bits per heavy atom. The Balaban J connectivity index is 1.74. The Morgan fingerprint density at radius 2 is 1.89 bits per heavy atom. The summed E-state index contributed by atoms with van der Waals surface area (Å²) < 4.78 is 5.26. The van der Waals surface area contributed by atoms with Crippen LogP contribution in [0.3, 0.4) is 0 Å². The molecular formula is C22H26N2O3. The van der Waals surface area contributed by atoms with E-state index >= 15 is 0 Å².